The summed E-state index contributed by atoms with van der Waals surface area (Å²) in [4.78, 5) is 0. The van der Waals surface area contributed by atoms with E-state index in [9.17, 15) is 0 Å². The summed E-state index contributed by atoms with van der Waals surface area (Å²) in [7, 11) is 0. The fraction of sp³-hybridized carbons (Fsp3) is 0.429. The van der Waals surface area contributed by atoms with Gasteiger partial charge in [-0.15, -0.1) is 0 Å². The summed E-state index contributed by atoms with van der Waals surface area (Å²) in [6, 6.07) is 0. The summed E-state index contributed by atoms with van der Waals surface area (Å²) >= 11 is 11.5. The number of ether oxygens (including phenoxy) is 1. The lowest BCUT2D eigenvalue weighted by Crippen LogP contribution is -1.99. The molecule has 0 bridgehead atoms. The molecule has 0 saturated heterocycles. The fourth-order valence-corrected chi connectivity index (χ4v) is 1.32. The zero-order valence-corrected chi connectivity index (χ0v) is 7.32. The van der Waals surface area contributed by atoms with Crippen molar-refractivity contribution in [2.24, 2.45) is 0 Å². The Morgan fingerprint density at radius 3 is 2.91 bits per heavy atom. The molecule has 0 aromatic carbocycles. The number of aliphatic hydroxyl groups is 1. The number of aliphatic hydroxyl groups excluding tert-OH is 1. The van der Waals surface area contributed by atoms with Gasteiger partial charge < -0.3 is 9.84 Å². The maximum Gasteiger partial charge on any atom is 0.186 e. The lowest BCUT2D eigenvalue weighted by Gasteiger charge is -2.13. The van der Waals surface area contributed by atoms with Crippen molar-refractivity contribution in [3.8, 4) is 0 Å². The van der Waals surface area contributed by atoms with Crippen molar-refractivity contribution >= 4 is 23.2 Å². The quantitative estimate of drug-likeness (QED) is 0.685. The van der Waals surface area contributed by atoms with Crippen LogP contribution in [-0.2, 0) is 4.74 Å². The highest BCUT2D eigenvalue weighted by atomic mass is 35.5. The van der Waals surface area contributed by atoms with E-state index in [4.69, 9.17) is 33.0 Å². The molecule has 0 heterocycles. The predicted molar refractivity (Wildman–Crippen MR) is 44.2 cm³/mol. The van der Waals surface area contributed by atoms with E-state index < -0.39 is 0 Å². The average molecular weight is 195 g/mol. The van der Waals surface area contributed by atoms with Crippen LogP contribution in [0.4, 0.5) is 0 Å². The Bertz CT molecular complexity index is 208. The Balaban J connectivity index is 2.74. The van der Waals surface area contributed by atoms with E-state index in [-0.39, 0.29) is 6.79 Å². The van der Waals surface area contributed by atoms with E-state index in [2.05, 4.69) is 0 Å². The predicted octanol–water partition coefficient (Wildman–Crippen LogP) is 2.32. The van der Waals surface area contributed by atoms with Gasteiger partial charge in [0.2, 0.25) is 0 Å². The molecule has 1 rings (SSSR count). The molecule has 0 spiro atoms. The maximum atomic E-state index is 8.44. The first-order valence-corrected chi connectivity index (χ1v) is 3.99. The first-order chi connectivity index (χ1) is 5.25. The Morgan fingerprint density at radius 2 is 2.27 bits per heavy atom. The molecular formula is C7H8Cl2O2. The average Bonchev–Trinajstić information content (AvgIpc) is 1.99. The first kappa shape index (κ1) is 8.91. The largest absolute Gasteiger partial charge is 0.470 e. The van der Waals surface area contributed by atoms with Gasteiger partial charge in [-0.05, 0) is 6.42 Å². The van der Waals surface area contributed by atoms with E-state index >= 15 is 0 Å². The molecule has 0 amide bonds. The molecule has 0 aromatic heterocycles. The van der Waals surface area contributed by atoms with Gasteiger partial charge in [-0.25, -0.2) is 0 Å². The Morgan fingerprint density at radius 1 is 1.55 bits per heavy atom. The van der Waals surface area contributed by atoms with Gasteiger partial charge in [-0.1, -0.05) is 29.3 Å². The van der Waals surface area contributed by atoms with Crippen molar-refractivity contribution in [3.63, 3.8) is 0 Å². The van der Waals surface area contributed by atoms with Crippen LogP contribution < -0.4 is 0 Å². The minimum Gasteiger partial charge on any atom is -0.470 e. The summed E-state index contributed by atoms with van der Waals surface area (Å²) in [6.07, 6.45) is 3.34. The van der Waals surface area contributed by atoms with E-state index in [0.29, 0.717) is 22.2 Å². The second-order valence-electron chi connectivity index (χ2n) is 2.10. The van der Waals surface area contributed by atoms with Gasteiger partial charge in [0.1, 0.15) is 5.76 Å². The summed E-state index contributed by atoms with van der Waals surface area (Å²) in [6.45, 7) is -0.351. The molecule has 62 valence electrons. The van der Waals surface area contributed by atoms with Crippen LogP contribution in [0, 0.1) is 0 Å². The third kappa shape index (κ3) is 2.12. The molecule has 4 heteroatoms. The highest BCUT2D eigenvalue weighted by molar-refractivity contribution is 6.44. The van der Waals surface area contributed by atoms with Gasteiger partial charge in [0.05, 0.1) is 10.1 Å². The molecule has 2 nitrogen and oxygen atoms in total. The highest BCUT2D eigenvalue weighted by Gasteiger charge is 2.13. The van der Waals surface area contributed by atoms with Crippen LogP contribution >= 0.6 is 23.2 Å². The number of allylic oxidation sites excluding steroid dienone is 4. The van der Waals surface area contributed by atoms with Crippen molar-refractivity contribution < 1.29 is 9.84 Å². The molecular weight excluding hydrogens is 187 g/mol. The van der Waals surface area contributed by atoms with Gasteiger partial charge in [-0.2, -0.15) is 0 Å². The third-order valence-corrected chi connectivity index (χ3v) is 2.24. The van der Waals surface area contributed by atoms with Crippen molar-refractivity contribution in [1.29, 1.82) is 0 Å². The van der Waals surface area contributed by atoms with Gasteiger partial charge in [0.25, 0.3) is 0 Å². The minimum atomic E-state index is -0.351. The van der Waals surface area contributed by atoms with E-state index in [1.165, 1.54) is 0 Å². The van der Waals surface area contributed by atoms with Crippen LogP contribution in [0.2, 0.25) is 0 Å². The standard InChI is InChI=1S/C7H8Cl2O2/c8-5-2-1-3-6(7(5)9)11-4-10/h2,10H,1,3-4H2. The molecule has 0 radical (unpaired) electrons. The van der Waals surface area contributed by atoms with Crippen LogP contribution in [-0.4, -0.2) is 11.9 Å². The summed E-state index contributed by atoms with van der Waals surface area (Å²) in [5.41, 5.74) is 0. The smallest absolute Gasteiger partial charge is 0.186 e. The maximum absolute atomic E-state index is 8.44. The van der Waals surface area contributed by atoms with E-state index in [1.807, 2.05) is 6.08 Å². The Labute approximate surface area is 75.1 Å². The van der Waals surface area contributed by atoms with Gasteiger partial charge in [-0.3, -0.25) is 0 Å². The molecule has 0 aliphatic heterocycles. The molecule has 1 aliphatic rings. The monoisotopic (exact) mass is 194 g/mol. The van der Waals surface area contributed by atoms with Crippen molar-refractivity contribution in [3.05, 3.63) is 21.9 Å². The second kappa shape index (κ2) is 4.00. The van der Waals surface area contributed by atoms with Crippen LogP contribution in [0.15, 0.2) is 21.9 Å². The highest BCUT2D eigenvalue weighted by Crippen LogP contribution is 2.30. The molecule has 0 aromatic rings. The summed E-state index contributed by atoms with van der Waals surface area (Å²) < 4.78 is 4.84. The second-order valence-corrected chi connectivity index (χ2v) is 2.89. The van der Waals surface area contributed by atoms with Crippen LogP contribution in [0.1, 0.15) is 12.8 Å². The zero-order valence-electron chi connectivity index (χ0n) is 5.81. The van der Waals surface area contributed by atoms with Crippen molar-refractivity contribution in [2.45, 2.75) is 12.8 Å². The van der Waals surface area contributed by atoms with E-state index in [0.717, 1.165) is 6.42 Å². The van der Waals surface area contributed by atoms with Gasteiger partial charge in [0, 0.05) is 6.42 Å². The Hall–Kier alpha value is -0.180. The fourth-order valence-electron chi connectivity index (χ4n) is 0.876. The normalized spacial score (nSPS) is 18.3. The minimum absolute atomic E-state index is 0.351. The SMILES string of the molecule is OCOC1=C(Cl)C(Cl)=CCC1. The lowest BCUT2D eigenvalue weighted by molar-refractivity contribution is 0.0375. The molecule has 0 fully saturated rings. The van der Waals surface area contributed by atoms with Gasteiger partial charge >= 0.3 is 0 Å². The van der Waals surface area contributed by atoms with Crippen LogP contribution in [0.3, 0.4) is 0 Å². The number of hydrogen-bond donors (Lipinski definition) is 1. The third-order valence-electron chi connectivity index (χ3n) is 1.39. The van der Waals surface area contributed by atoms with Crippen LogP contribution in [0.25, 0.3) is 0 Å². The molecule has 11 heavy (non-hydrogen) atoms. The number of hydrogen-bond acceptors (Lipinski definition) is 2. The topological polar surface area (TPSA) is 29.5 Å². The Kier molecular flexibility index (Phi) is 3.24. The molecule has 0 atom stereocenters. The lowest BCUT2D eigenvalue weighted by atomic mass is 10.1. The zero-order chi connectivity index (χ0) is 8.27. The van der Waals surface area contributed by atoms with E-state index in [1.54, 1.807) is 0 Å². The first-order valence-electron chi connectivity index (χ1n) is 3.24. The van der Waals surface area contributed by atoms with Crippen molar-refractivity contribution in [2.75, 3.05) is 6.79 Å². The molecule has 1 N–H and O–H groups in total. The molecule has 0 unspecified atom stereocenters. The summed E-state index contributed by atoms with van der Waals surface area (Å²) in [5.74, 6) is 0.571. The van der Waals surface area contributed by atoms with Crippen LogP contribution in [0.5, 0.6) is 0 Å². The number of rotatable bonds is 2. The van der Waals surface area contributed by atoms with Crippen molar-refractivity contribution in [1.82, 2.24) is 0 Å². The molecule has 1 aliphatic carbocycles. The number of halogens is 2. The van der Waals surface area contributed by atoms with Gasteiger partial charge in [0.15, 0.2) is 6.79 Å². The molecule has 0 saturated carbocycles. The summed E-state index contributed by atoms with van der Waals surface area (Å²) in [5, 5.41) is 9.36.